The van der Waals surface area contributed by atoms with Gasteiger partial charge >= 0.3 is 5.97 Å². The van der Waals surface area contributed by atoms with Crippen molar-refractivity contribution < 1.29 is 19.4 Å². The summed E-state index contributed by atoms with van der Waals surface area (Å²) in [5.74, 6) is 0.341. The van der Waals surface area contributed by atoms with Crippen molar-refractivity contribution in [2.75, 3.05) is 13.2 Å². The maximum atomic E-state index is 11.2. The largest absolute Gasteiger partial charge is 0.490 e. The second-order valence-electron chi connectivity index (χ2n) is 5.61. The van der Waals surface area contributed by atoms with Gasteiger partial charge in [0, 0.05) is 17.6 Å². The molecule has 0 fully saturated rings. The van der Waals surface area contributed by atoms with Crippen molar-refractivity contribution in [3.63, 3.8) is 0 Å². The molecule has 0 bridgehead atoms. The third-order valence-corrected chi connectivity index (χ3v) is 3.67. The maximum Gasteiger partial charge on any atom is 0.320 e. The van der Waals surface area contributed by atoms with E-state index >= 15 is 0 Å². The van der Waals surface area contributed by atoms with Crippen molar-refractivity contribution >= 4 is 17.6 Å². The number of nitrogens with one attached hydrogen (secondary N) is 1. The van der Waals surface area contributed by atoms with Crippen molar-refractivity contribution in [3.05, 3.63) is 22.7 Å². The number of carboxylic acids is 1. The van der Waals surface area contributed by atoms with Gasteiger partial charge in [0.25, 0.3) is 0 Å². The lowest BCUT2D eigenvalue weighted by Crippen LogP contribution is -2.40. The highest BCUT2D eigenvalue weighted by Crippen LogP contribution is 2.34. The summed E-state index contributed by atoms with van der Waals surface area (Å²) in [6, 6.07) is 2.91. The van der Waals surface area contributed by atoms with Crippen LogP contribution in [0.1, 0.15) is 39.7 Å². The minimum atomic E-state index is -0.871. The first kappa shape index (κ1) is 19.6. The molecule has 0 radical (unpaired) electrons. The number of hydrogen-bond donors (Lipinski definition) is 2. The Morgan fingerprint density at radius 3 is 2.43 bits per heavy atom. The molecule has 130 valence electrons. The summed E-state index contributed by atoms with van der Waals surface area (Å²) >= 11 is 6.30. The molecule has 0 saturated heterocycles. The zero-order valence-electron chi connectivity index (χ0n) is 14.2. The molecule has 6 heteroatoms. The van der Waals surface area contributed by atoms with Gasteiger partial charge in [-0.3, -0.25) is 4.79 Å². The quantitative estimate of drug-likeness (QED) is 0.677. The van der Waals surface area contributed by atoms with Crippen molar-refractivity contribution in [3.8, 4) is 11.5 Å². The Bertz CT molecular complexity index is 520. The predicted octanol–water partition coefficient (Wildman–Crippen LogP) is 3.73. The van der Waals surface area contributed by atoms with Crippen LogP contribution in [-0.2, 0) is 11.3 Å². The third kappa shape index (κ3) is 5.92. The molecule has 23 heavy (non-hydrogen) atoms. The number of benzene rings is 1. The Balaban J connectivity index is 2.93. The summed E-state index contributed by atoms with van der Waals surface area (Å²) < 4.78 is 11.3. The SMILES string of the molecule is CCCOc1cc(Cl)c(CNC(C(=O)O)C(C)C)cc1OCC. The smallest absolute Gasteiger partial charge is 0.320 e. The molecule has 1 aromatic carbocycles. The lowest BCUT2D eigenvalue weighted by Gasteiger charge is -2.19. The van der Waals surface area contributed by atoms with Gasteiger partial charge in [0.15, 0.2) is 11.5 Å². The van der Waals surface area contributed by atoms with Gasteiger partial charge < -0.3 is 19.9 Å². The molecular formula is C17H26ClNO4. The normalized spacial score (nSPS) is 12.3. The van der Waals surface area contributed by atoms with E-state index in [1.807, 2.05) is 33.8 Å². The third-order valence-electron chi connectivity index (χ3n) is 3.32. The van der Waals surface area contributed by atoms with E-state index in [1.54, 1.807) is 6.07 Å². The number of carbonyl (C=O) groups is 1. The Morgan fingerprint density at radius 1 is 1.26 bits per heavy atom. The van der Waals surface area contributed by atoms with E-state index in [9.17, 15) is 9.90 Å². The predicted molar refractivity (Wildman–Crippen MR) is 91.5 cm³/mol. The molecule has 0 aliphatic heterocycles. The molecule has 0 saturated carbocycles. The number of aliphatic carboxylic acids is 1. The molecule has 0 amide bonds. The van der Waals surface area contributed by atoms with E-state index in [0.29, 0.717) is 36.3 Å². The molecule has 1 atom stereocenters. The van der Waals surface area contributed by atoms with Crippen LogP contribution in [0.5, 0.6) is 11.5 Å². The topological polar surface area (TPSA) is 67.8 Å². The van der Waals surface area contributed by atoms with Gasteiger partial charge in [-0.05, 0) is 30.9 Å². The number of halogens is 1. The maximum absolute atomic E-state index is 11.2. The van der Waals surface area contributed by atoms with E-state index in [2.05, 4.69) is 5.32 Å². The van der Waals surface area contributed by atoms with Gasteiger partial charge in [-0.15, -0.1) is 0 Å². The lowest BCUT2D eigenvalue weighted by atomic mass is 10.0. The monoisotopic (exact) mass is 343 g/mol. The highest BCUT2D eigenvalue weighted by molar-refractivity contribution is 6.31. The van der Waals surface area contributed by atoms with E-state index in [0.717, 1.165) is 12.0 Å². The molecule has 1 rings (SSSR count). The highest BCUT2D eigenvalue weighted by Gasteiger charge is 2.21. The van der Waals surface area contributed by atoms with Crippen LogP contribution in [-0.4, -0.2) is 30.3 Å². The molecule has 2 N–H and O–H groups in total. The molecule has 0 aliphatic rings. The molecule has 0 spiro atoms. The second kappa shape index (κ2) is 9.63. The van der Waals surface area contributed by atoms with Gasteiger partial charge in [0.05, 0.1) is 13.2 Å². The van der Waals surface area contributed by atoms with Crippen molar-refractivity contribution in [1.82, 2.24) is 5.32 Å². The van der Waals surface area contributed by atoms with Crippen LogP contribution >= 0.6 is 11.6 Å². The average Bonchev–Trinajstić information content (AvgIpc) is 2.48. The van der Waals surface area contributed by atoms with E-state index in [1.165, 1.54) is 0 Å². The fraction of sp³-hybridized carbons (Fsp3) is 0.588. The molecule has 0 aliphatic carbocycles. The van der Waals surface area contributed by atoms with Crippen LogP contribution in [0.3, 0.4) is 0 Å². The first-order valence-corrected chi connectivity index (χ1v) is 8.32. The molecule has 1 unspecified atom stereocenters. The van der Waals surface area contributed by atoms with Crippen molar-refractivity contribution in [2.45, 2.75) is 46.7 Å². The van der Waals surface area contributed by atoms with Crippen LogP contribution in [0.2, 0.25) is 5.02 Å². The molecule has 0 heterocycles. The molecule has 0 aromatic heterocycles. The summed E-state index contributed by atoms with van der Waals surface area (Å²) in [4.78, 5) is 11.2. The van der Waals surface area contributed by atoms with E-state index in [4.69, 9.17) is 21.1 Å². The summed E-state index contributed by atoms with van der Waals surface area (Å²) in [7, 11) is 0. The summed E-state index contributed by atoms with van der Waals surface area (Å²) in [6.45, 7) is 9.10. The zero-order valence-corrected chi connectivity index (χ0v) is 14.9. The average molecular weight is 344 g/mol. The summed E-state index contributed by atoms with van der Waals surface area (Å²) in [5, 5.41) is 12.8. The Labute approximate surface area is 142 Å². The Hall–Kier alpha value is -1.46. The van der Waals surface area contributed by atoms with Crippen LogP contribution in [0.25, 0.3) is 0 Å². The van der Waals surface area contributed by atoms with Crippen LogP contribution in [0.4, 0.5) is 0 Å². The number of carboxylic acid groups (broad SMARTS) is 1. The fourth-order valence-electron chi connectivity index (χ4n) is 2.13. The van der Waals surface area contributed by atoms with E-state index < -0.39 is 12.0 Å². The first-order chi connectivity index (χ1) is 10.9. The standard InChI is InChI=1S/C17H26ClNO4/c1-5-7-23-15-9-13(18)12(8-14(15)22-6-2)10-19-16(11(3)4)17(20)21/h8-9,11,16,19H,5-7,10H2,1-4H3,(H,20,21). The minimum Gasteiger partial charge on any atom is -0.490 e. The molecular weight excluding hydrogens is 318 g/mol. The van der Waals surface area contributed by atoms with Crippen LogP contribution < -0.4 is 14.8 Å². The fourth-order valence-corrected chi connectivity index (χ4v) is 2.35. The summed E-state index contributed by atoms with van der Waals surface area (Å²) in [6.07, 6.45) is 0.890. The lowest BCUT2D eigenvalue weighted by molar-refractivity contribution is -0.140. The van der Waals surface area contributed by atoms with Crippen molar-refractivity contribution in [1.29, 1.82) is 0 Å². The number of rotatable bonds is 10. The van der Waals surface area contributed by atoms with Gasteiger partial charge in [0.1, 0.15) is 6.04 Å². The molecule has 1 aromatic rings. The highest BCUT2D eigenvalue weighted by atomic mass is 35.5. The van der Waals surface area contributed by atoms with Gasteiger partial charge in [-0.1, -0.05) is 32.4 Å². The summed E-state index contributed by atoms with van der Waals surface area (Å²) in [5.41, 5.74) is 0.783. The number of ether oxygens (including phenoxy) is 2. The number of hydrogen-bond acceptors (Lipinski definition) is 4. The molecule has 5 nitrogen and oxygen atoms in total. The van der Waals surface area contributed by atoms with Crippen LogP contribution in [0.15, 0.2) is 12.1 Å². The Kier molecular flexibility index (Phi) is 8.20. The second-order valence-corrected chi connectivity index (χ2v) is 6.02. The van der Waals surface area contributed by atoms with E-state index in [-0.39, 0.29) is 5.92 Å². The minimum absolute atomic E-state index is 0.0233. The van der Waals surface area contributed by atoms with Crippen molar-refractivity contribution in [2.24, 2.45) is 5.92 Å². The first-order valence-electron chi connectivity index (χ1n) is 7.94. The Morgan fingerprint density at radius 2 is 1.91 bits per heavy atom. The zero-order chi connectivity index (χ0) is 17.4. The van der Waals surface area contributed by atoms with Gasteiger partial charge in [-0.2, -0.15) is 0 Å². The van der Waals surface area contributed by atoms with Gasteiger partial charge in [-0.25, -0.2) is 0 Å². The van der Waals surface area contributed by atoms with Crippen LogP contribution in [0, 0.1) is 5.92 Å². The van der Waals surface area contributed by atoms with Gasteiger partial charge in [0.2, 0.25) is 0 Å².